The number of anilines is 2. The van der Waals surface area contributed by atoms with E-state index in [9.17, 15) is 4.79 Å². The predicted octanol–water partition coefficient (Wildman–Crippen LogP) is 2.84. The van der Waals surface area contributed by atoms with Crippen molar-refractivity contribution in [2.75, 3.05) is 10.6 Å². The number of carboxylic acids is 1. The average Bonchev–Trinajstić information content (AvgIpc) is 2.89. The van der Waals surface area contributed by atoms with Crippen molar-refractivity contribution in [2.24, 2.45) is 0 Å². The molecule has 0 fully saturated rings. The number of nitrogens with zero attached hydrogens (tertiary/aromatic N) is 2. The highest BCUT2D eigenvalue weighted by atomic mass is 32.1. The van der Waals surface area contributed by atoms with Gasteiger partial charge in [0.25, 0.3) is 0 Å². The topological polar surface area (TPSA) is 79.5 Å². The third-order valence-corrected chi connectivity index (χ3v) is 3.80. The van der Waals surface area contributed by atoms with Gasteiger partial charge in [0.1, 0.15) is 0 Å². The lowest BCUT2D eigenvalue weighted by molar-refractivity contribution is 0.0696. The van der Waals surface area contributed by atoms with Crippen molar-refractivity contribution in [3.8, 4) is 0 Å². The van der Waals surface area contributed by atoms with Crippen LogP contribution in [0.2, 0.25) is 0 Å². The zero-order valence-corrected chi connectivity index (χ0v) is 12.2. The largest absolute Gasteiger partial charge is 0.478 e. The molecular weight excluding hydrogens is 274 g/mol. The fourth-order valence-corrected chi connectivity index (χ4v) is 2.61. The van der Waals surface area contributed by atoms with Crippen molar-refractivity contribution in [1.82, 2.24) is 4.98 Å². The third kappa shape index (κ3) is 3.08. The molecule has 0 unspecified atom stereocenters. The van der Waals surface area contributed by atoms with Gasteiger partial charge in [-0.15, -0.1) is 11.3 Å². The Bertz CT molecular complexity index is 596. The summed E-state index contributed by atoms with van der Waals surface area (Å²) in [5.41, 5.74) is 6.45. The Labute approximate surface area is 121 Å². The molecule has 0 bridgehead atoms. The number of aromatic carboxylic acids is 1. The summed E-state index contributed by atoms with van der Waals surface area (Å²) in [6, 6.07) is 5.72. The number of pyridine rings is 1. The quantitative estimate of drug-likeness (QED) is 0.885. The Morgan fingerprint density at radius 2 is 2.30 bits per heavy atom. The van der Waals surface area contributed by atoms with E-state index in [0.29, 0.717) is 18.1 Å². The van der Waals surface area contributed by atoms with Crippen LogP contribution >= 0.6 is 11.3 Å². The Balaban J connectivity index is 2.32. The van der Waals surface area contributed by atoms with E-state index in [1.807, 2.05) is 11.4 Å². The van der Waals surface area contributed by atoms with Gasteiger partial charge in [0, 0.05) is 17.1 Å². The number of aromatic nitrogens is 1. The molecule has 106 valence electrons. The van der Waals surface area contributed by atoms with Crippen LogP contribution in [0.1, 0.15) is 29.1 Å². The van der Waals surface area contributed by atoms with E-state index >= 15 is 0 Å². The zero-order chi connectivity index (χ0) is 14.7. The minimum Gasteiger partial charge on any atom is -0.478 e. The fourth-order valence-electron chi connectivity index (χ4n) is 1.90. The van der Waals surface area contributed by atoms with E-state index < -0.39 is 5.97 Å². The van der Waals surface area contributed by atoms with Crippen LogP contribution in [-0.2, 0) is 6.54 Å². The van der Waals surface area contributed by atoms with E-state index in [1.165, 1.54) is 17.1 Å². The summed E-state index contributed by atoms with van der Waals surface area (Å²) in [5, 5.41) is 11.0. The molecule has 0 radical (unpaired) electrons. The summed E-state index contributed by atoms with van der Waals surface area (Å²) in [7, 11) is 0. The minimum atomic E-state index is -1.02. The van der Waals surface area contributed by atoms with E-state index in [2.05, 4.69) is 29.8 Å². The maximum Gasteiger partial charge on any atom is 0.337 e. The molecule has 2 aromatic heterocycles. The molecule has 0 atom stereocenters. The van der Waals surface area contributed by atoms with Gasteiger partial charge in [0.15, 0.2) is 5.82 Å². The van der Waals surface area contributed by atoms with E-state index in [1.54, 1.807) is 11.3 Å². The molecule has 0 saturated heterocycles. The van der Waals surface area contributed by atoms with Crippen molar-refractivity contribution in [3.63, 3.8) is 0 Å². The second kappa shape index (κ2) is 5.92. The predicted molar refractivity (Wildman–Crippen MR) is 81.2 cm³/mol. The molecule has 0 amide bonds. The van der Waals surface area contributed by atoms with Gasteiger partial charge in [-0.05, 0) is 31.4 Å². The van der Waals surface area contributed by atoms with Crippen LogP contribution in [0.4, 0.5) is 11.5 Å². The average molecular weight is 291 g/mol. The normalized spacial score (nSPS) is 10.8. The first-order valence-electron chi connectivity index (χ1n) is 6.27. The van der Waals surface area contributed by atoms with Crippen LogP contribution in [0.5, 0.6) is 0 Å². The molecular formula is C14H17N3O2S. The summed E-state index contributed by atoms with van der Waals surface area (Å²) in [5.74, 6) is -0.400. The molecule has 0 saturated carbocycles. The minimum absolute atomic E-state index is 0.103. The molecule has 0 aliphatic heterocycles. The lowest BCUT2D eigenvalue weighted by Gasteiger charge is -2.28. The zero-order valence-electron chi connectivity index (χ0n) is 11.4. The van der Waals surface area contributed by atoms with Crippen LogP contribution in [0.3, 0.4) is 0 Å². The monoisotopic (exact) mass is 291 g/mol. The first kappa shape index (κ1) is 14.3. The highest BCUT2D eigenvalue weighted by Crippen LogP contribution is 2.26. The first-order chi connectivity index (χ1) is 9.49. The van der Waals surface area contributed by atoms with Gasteiger partial charge in [0.2, 0.25) is 0 Å². The molecule has 20 heavy (non-hydrogen) atoms. The number of thiophene rings is 1. The van der Waals surface area contributed by atoms with Crippen molar-refractivity contribution < 1.29 is 9.90 Å². The van der Waals surface area contributed by atoms with Crippen LogP contribution in [-0.4, -0.2) is 22.1 Å². The van der Waals surface area contributed by atoms with Crippen LogP contribution in [0, 0.1) is 0 Å². The molecule has 6 heteroatoms. The number of hydrogen-bond donors (Lipinski definition) is 2. The molecule has 0 spiro atoms. The fraction of sp³-hybridized carbons (Fsp3) is 0.286. The Hall–Kier alpha value is -2.08. The number of nitrogens with two attached hydrogens (primary N) is 1. The van der Waals surface area contributed by atoms with E-state index in [-0.39, 0.29) is 11.6 Å². The summed E-state index contributed by atoms with van der Waals surface area (Å²) >= 11 is 1.67. The van der Waals surface area contributed by atoms with Gasteiger partial charge in [-0.3, -0.25) is 0 Å². The van der Waals surface area contributed by atoms with Gasteiger partial charge in [-0.2, -0.15) is 0 Å². The molecule has 0 aliphatic carbocycles. The van der Waals surface area contributed by atoms with Gasteiger partial charge in [-0.1, -0.05) is 6.07 Å². The smallest absolute Gasteiger partial charge is 0.337 e. The first-order valence-corrected chi connectivity index (χ1v) is 7.15. The summed E-state index contributed by atoms with van der Waals surface area (Å²) in [4.78, 5) is 18.4. The Kier molecular flexibility index (Phi) is 4.24. The van der Waals surface area contributed by atoms with Crippen molar-refractivity contribution in [1.29, 1.82) is 0 Å². The number of carbonyl (C=O) groups is 1. The van der Waals surface area contributed by atoms with Crippen LogP contribution < -0.4 is 10.6 Å². The van der Waals surface area contributed by atoms with Crippen molar-refractivity contribution >= 4 is 28.8 Å². The summed E-state index contributed by atoms with van der Waals surface area (Å²) in [6.45, 7) is 4.82. The van der Waals surface area contributed by atoms with Crippen molar-refractivity contribution in [2.45, 2.75) is 26.4 Å². The molecule has 0 aliphatic rings. The SMILES string of the molecule is CC(C)N(Cc1cccs1)c1ncc(C(=O)O)cc1N. The number of nitrogen functional groups attached to an aromatic ring is 1. The molecule has 0 aromatic carbocycles. The summed E-state index contributed by atoms with van der Waals surface area (Å²) in [6.07, 6.45) is 1.35. The lowest BCUT2D eigenvalue weighted by Crippen LogP contribution is -2.31. The second-order valence-corrected chi connectivity index (χ2v) is 5.78. The number of carboxylic acid groups (broad SMARTS) is 1. The molecule has 3 N–H and O–H groups in total. The highest BCUT2D eigenvalue weighted by Gasteiger charge is 2.17. The number of rotatable bonds is 5. The maximum atomic E-state index is 10.9. The third-order valence-electron chi connectivity index (χ3n) is 2.94. The maximum absolute atomic E-state index is 10.9. The summed E-state index contributed by atoms with van der Waals surface area (Å²) < 4.78 is 0. The van der Waals surface area contributed by atoms with Gasteiger partial charge in [-0.25, -0.2) is 9.78 Å². The van der Waals surface area contributed by atoms with Gasteiger partial charge < -0.3 is 15.7 Å². The number of hydrogen-bond acceptors (Lipinski definition) is 5. The van der Waals surface area contributed by atoms with E-state index in [0.717, 1.165) is 0 Å². The second-order valence-electron chi connectivity index (χ2n) is 4.74. The van der Waals surface area contributed by atoms with Gasteiger partial charge >= 0.3 is 5.97 Å². The standard InChI is InChI=1S/C14H17N3O2S/c1-9(2)17(8-11-4-3-5-20-11)13-12(15)6-10(7-16-13)14(18)19/h3-7,9H,8,15H2,1-2H3,(H,18,19). The lowest BCUT2D eigenvalue weighted by atomic mass is 10.2. The van der Waals surface area contributed by atoms with Crippen molar-refractivity contribution in [3.05, 3.63) is 40.2 Å². The van der Waals surface area contributed by atoms with Gasteiger partial charge in [0.05, 0.1) is 17.8 Å². The molecule has 2 heterocycles. The van der Waals surface area contributed by atoms with Crippen LogP contribution in [0.25, 0.3) is 0 Å². The van der Waals surface area contributed by atoms with E-state index in [4.69, 9.17) is 10.8 Å². The Morgan fingerprint density at radius 3 is 2.80 bits per heavy atom. The van der Waals surface area contributed by atoms with Crippen LogP contribution in [0.15, 0.2) is 29.8 Å². The molecule has 5 nitrogen and oxygen atoms in total. The molecule has 2 aromatic rings. The highest BCUT2D eigenvalue weighted by molar-refractivity contribution is 7.09. The Morgan fingerprint density at radius 1 is 1.55 bits per heavy atom. The molecule has 2 rings (SSSR count).